The summed E-state index contributed by atoms with van der Waals surface area (Å²) in [5.74, 6) is -2.15. The van der Waals surface area contributed by atoms with Gasteiger partial charge >= 0.3 is 0 Å². The van der Waals surface area contributed by atoms with Gasteiger partial charge in [-0.3, -0.25) is 14.4 Å². The smallest absolute Gasteiger partial charge is 0.258 e. The number of primary amides is 1. The van der Waals surface area contributed by atoms with E-state index < -0.39 is 30.6 Å². The number of amides is 3. The van der Waals surface area contributed by atoms with E-state index in [2.05, 4.69) is 5.32 Å². The average Bonchev–Trinajstić information content (AvgIpc) is 2.55. The molecular weight excluding hydrogens is 687 g/mol. The minimum Gasteiger partial charge on any atom is -0.395 e. The molecule has 1 atom stereocenters. The fourth-order valence-electron chi connectivity index (χ4n) is 1.92. The first kappa shape index (κ1) is 23.7. The van der Waals surface area contributed by atoms with Crippen LogP contribution in [0.15, 0.2) is 0 Å². The molecule has 0 aliphatic carbocycles. The second-order valence-corrected chi connectivity index (χ2v) is 8.27. The van der Waals surface area contributed by atoms with Crippen LogP contribution in [0.5, 0.6) is 0 Å². The first-order valence-corrected chi connectivity index (χ1v) is 10.3. The number of carbonyl (C=O) groups excluding carboxylic acids is 3. The van der Waals surface area contributed by atoms with Crippen molar-refractivity contribution in [3.63, 3.8) is 0 Å². The van der Waals surface area contributed by atoms with Crippen molar-refractivity contribution in [3.05, 3.63) is 21.8 Å². The molecule has 0 heterocycles. The van der Waals surface area contributed by atoms with Crippen molar-refractivity contribution in [2.24, 2.45) is 5.73 Å². The van der Waals surface area contributed by atoms with Crippen LogP contribution in [0, 0.1) is 10.7 Å². The second-order valence-electron chi connectivity index (χ2n) is 5.03. The molecule has 0 radical (unpaired) electrons. The Morgan fingerprint density at radius 3 is 2.08 bits per heavy atom. The monoisotopic (exact) mass is 703 g/mol. The molecule has 1 rings (SSSR count). The average molecular weight is 703 g/mol. The Morgan fingerprint density at radius 2 is 1.65 bits per heavy atom. The van der Waals surface area contributed by atoms with Crippen LogP contribution in [-0.4, -0.2) is 63.9 Å². The summed E-state index contributed by atoms with van der Waals surface area (Å²) in [6.07, 6.45) is -1.31. The quantitative estimate of drug-likeness (QED) is 0.204. The Labute approximate surface area is 190 Å². The first-order valence-electron chi connectivity index (χ1n) is 7.08. The van der Waals surface area contributed by atoms with Crippen LogP contribution in [0.1, 0.15) is 27.6 Å². The van der Waals surface area contributed by atoms with Crippen molar-refractivity contribution in [3.8, 4) is 0 Å². The van der Waals surface area contributed by atoms with E-state index in [1.165, 1.54) is 6.92 Å². The lowest BCUT2D eigenvalue weighted by Crippen LogP contribution is -2.36. The molecule has 26 heavy (non-hydrogen) atoms. The molecule has 1 unspecified atom stereocenters. The summed E-state index contributed by atoms with van der Waals surface area (Å²) in [6.45, 7) is 0.156. The number of nitrogens with two attached hydrogens (primary N) is 1. The van der Waals surface area contributed by atoms with E-state index in [0.717, 1.165) is 4.90 Å². The van der Waals surface area contributed by atoms with Crippen molar-refractivity contribution in [1.82, 2.24) is 4.90 Å². The SMILES string of the molecule is CC(O)C(=O)Nc1c(I)c(C(N)=O)c(I)c(C(=O)N(CO)CCO)c1I. The molecule has 0 fully saturated rings. The fourth-order valence-corrected chi connectivity index (χ4v) is 6.35. The number of nitrogens with one attached hydrogen (secondary N) is 1. The van der Waals surface area contributed by atoms with Gasteiger partial charge in [0, 0.05) is 10.1 Å². The van der Waals surface area contributed by atoms with E-state index in [1.807, 2.05) is 45.2 Å². The molecule has 0 bridgehead atoms. The highest BCUT2D eigenvalue weighted by atomic mass is 127. The predicted octanol–water partition coefficient (Wildman–Crippen LogP) is 0.303. The van der Waals surface area contributed by atoms with Crippen molar-refractivity contribution in [2.75, 3.05) is 25.2 Å². The van der Waals surface area contributed by atoms with Gasteiger partial charge in [0.05, 0.1) is 30.6 Å². The Kier molecular flexibility index (Phi) is 9.40. The third-order valence-corrected chi connectivity index (χ3v) is 6.47. The lowest BCUT2D eigenvalue weighted by atomic mass is 10.1. The van der Waals surface area contributed by atoms with E-state index in [-0.39, 0.29) is 33.5 Å². The lowest BCUT2D eigenvalue weighted by molar-refractivity contribution is -0.123. The van der Waals surface area contributed by atoms with Gasteiger partial charge in [-0.2, -0.15) is 0 Å². The highest BCUT2D eigenvalue weighted by Crippen LogP contribution is 2.36. The Balaban J connectivity index is 3.69. The number of aliphatic hydroxyl groups is 3. The molecule has 1 aromatic carbocycles. The molecule has 0 saturated heterocycles. The largest absolute Gasteiger partial charge is 0.395 e. The predicted molar refractivity (Wildman–Crippen MR) is 119 cm³/mol. The molecule has 0 aromatic heterocycles. The molecule has 144 valence electrons. The minimum atomic E-state index is -1.31. The summed E-state index contributed by atoms with van der Waals surface area (Å²) < 4.78 is 0.907. The summed E-state index contributed by atoms with van der Waals surface area (Å²) in [5.41, 5.74) is 5.70. The second kappa shape index (κ2) is 10.3. The molecule has 0 saturated carbocycles. The molecule has 0 spiro atoms. The van der Waals surface area contributed by atoms with Gasteiger partial charge < -0.3 is 31.3 Å². The summed E-state index contributed by atoms with van der Waals surface area (Å²) in [7, 11) is 0. The van der Waals surface area contributed by atoms with E-state index in [0.29, 0.717) is 7.14 Å². The van der Waals surface area contributed by atoms with Crippen LogP contribution in [0.4, 0.5) is 5.69 Å². The lowest BCUT2D eigenvalue weighted by Gasteiger charge is -2.23. The molecular formula is C14H16I3N3O6. The normalized spacial score (nSPS) is 11.8. The van der Waals surface area contributed by atoms with Gasteiger partial charge in [0.25, 0.3) is 17.7 Å². The van der Waals surface area contributed by atoms with E-state index in [9.17, 15) is 24.6 Å². The number of halogens is 3. The fraction of sp³-hybridized carbons (Fsp3) is 0.357. The van der Waals surface area contributed by atoms with Crippen LogP contribution < -0.4 is 11.1 Å². The van der Waals surface area contributed by atoms with Gasteiger partial charge in [0.1, 0.15) is 12.8 Å². The highest BCUT2D eigenvalue weighted by molar-refractivity contribution is 14.1. The maximum Gasteiger partial charge on any atom is 0.258 e. The van der Waals surface area contributed by atoms with Gasteiger partial charge in [0.2, 0.25) is 0 Å². The standard InChI is InChI=1S/C14H16I3N3O6/c1-5(23)13(25)19-11-9(16)6(12(18)24)8(15)7(10(11)17)14(26)20(4-22)2-3-21/h5,21-23H,2-4H2,1H3,(H2,18,24)(H,19,25). The zero-order chi connectivity index (χ0) is 20.2. The molecule has 0 aliphatic rings. The van der Waals surface area contributed by atoms with E-state index >= 15 is 0 Å². The van der Waals surface area contributed by atoms with Crippen LogP contribution in [0.25, 0.3) is 0 Å². The van der Waals surface area contributed by atoms with E-state index in [4.69, 9.17) is 10.8 Å². The third-order valence-electron chi connectivity index (χ3n) is 3.23. The van der Waals surface area contributed by atoms with Crippen LogP contribution in [0.2, 0.25) is 0 Å². The Hall–Kier alpha value is -0.300. The Bertz CT molecular complexity index is 741. The summed E-state index contributed by atoms with van der Waals surface area (Å²) in [6, 6.07) is 0. The number of hydrogen-bond acceptors (Lipinski definition) is 6. The molecule has 0 aliphatic heterocycles. The van der Waals surface area contributed by atoms with Gasteiger partial charge in [-0.25, -0.2) is 0 Å². The zero-order valence-corrected chi connectivity index (χ0v) is 19.9. The highest BCUT2D eigenvalue weighted by Gasteiger charge is 2.30. The molecule has 1 aromatic rings. The molecule has 6 N–H and O–H groups in total. The molecule has 12 heteroatoms. The minimum absolute atomic E-state index is 0.0396. The van der Waals surface area contributed by atoms with Crippen molar-refractivity contribution < 1.29 is 29.7 Å². The first-order chi connectivity index (χ1) is 12.1. The van der Waals surface area contributed by atoms with Crippen LogP contribution in [0.3, 0.4) is 0 Å². The summed E-state index contributed by atoms with van der Waals surface area (Å²) in [5, 5.41) is 30.4. The van der Waals surface area contributed by atoms with Gasteiger partial charge in [-0.1, -0.05) is 0 Å². The summed E-state index contributed by atoms with van der Waals surface area (Å²) in [4.78, 5) is 37.6. The van der Waals surface area contributed by atoms with E-state index in [1.54, 1.807) is 22.6 Å². The number of hydrogen-bond donors (Lipinski definition) is 5. The van der Waals surface area contributed by atoms with Gasteiger partial charge in [0.15, 0.2) is 0 Å². The van der Waals surface area contributed by atoms with Crippen molar-refractivity contribution in [1.29, 1.82) is 0 Å². The third kappa shape index (κ3) is 5.15. The number of benzene rings is 1. The number of nitrogens with zero attached hydrogens (tertiary/aromatic N) is 1. The zero-order valence-electron chi connectivity index (χ0n) is 13.4. The Morgan fingerprint density at radius 1 is 1.12 bits per heavy atom. The molecule has 3 amide bonds. The van der Waals surface area contributed by atoms with Crippen molar-refractivity contribution >= 4 is 91.2 Å². The van der Waals surface area contributed by atoms with Crippen LogP contribution in [-0.2, 0) is 4.79 Å². The van der Waals surface area contributed by atoms with Crippen molar-refractivity contribution in [2.45, 2.75) is 13.0 Å². The number of rotatable bonds is 7. The maximum atomic E-state index is 12.8. The van der Waals surface area contributed by atoms with Crippen LogP contribution >= 0.6 is 67.8 Å². The van der Waals surface area contributed by atoms with Gasteiger partial charge in [-0.15, -0.1) is 0 Å². The molecule has 9 nitrogen and oxygen atoms in total. The number of carbonyl (C=O) groups is 3. The summed E-state index contributed by atoms with van der Waals surface area (Å²) >= 11 is 5.46. The maximum absolute atomic E-state index is 12.8. The van der Waals surface area contributed by atoms with Gasteiger partial charge in [-0.05, 0) is 74.7 Å². The topological polar surface area (TPSA) is 153 Å². The number of aliphatic hydroxyl groups excluding tert-OH is 3. The number of anilines is 1.